The van der Waals surface area contributed by atoms with Crippen molar-refractivity contribution in [2.45, 2.75) is 25.7 Å². The minimum atomic E-state index is -0.306. The first kappa shape index (κ1) is 28.9. The molecule has 0 aliphatic heterocycles. The smallest absolute Gasteiger partial charge is 0.248 e. The van der Waals surface area contributed by atoms with Crippen molar-refractivity contribution in [2.24, 2.45) is 0 Å². The molecular weight excluding hydrogens is 524 g/mol. The molecule has 206 valence electrons. The first-order chi connectivity index (χ1) is 19.2. The van der Waals surface area contributed by atoms with E-state index in [0.717, 1.165) is 39.8 Å². The maximum Gasteiger partial charge on any atom is 0.248 e. The lowest BCUT2D eigenvalue weighted by molar-refractivity contribution is 0.245. The van der Waals surface area contributed by atoms with Crippen molar-refractivity contribution in [3.63, 3.8) is 0 Å². The molecule has 0 amide bonds. The molecule has 1 aromatic heterocycles. The minimum Gasteiger partial charge on any atom is -0.489 e. The summed E-state index contributed by atoms with van der Waals surface area (Å²) in [6, 6.07) is 34.9. The normalized spacial score (nSPS) is 11.5. The highest BCUT2D eigenvalue weighted by Gasteiger charge is 2.16. The van der Waals surface area contributed by atoms with Gasteiger partial charge in [0.15, 0.2) is 0 Å². The molecule has 1 heterocycles. The number of fused-ring (bicyclic) bond motifs is 1. The molecule has 0 bridgehead atoms. The van der Waals surface area contributed by atoms with Crippen LogP contribution in [0.2, 0.25) is 0 Å². The number of benzene rings is 4. The lowest BCUT2D eigenvalue weighted by atomic mass is 10.0. The Morgan fingerprint density at radius 1 is 0.750 bits per heavy atom. The van der Waals surface area contributed by atoms with Crippen molar-refractivity contribution < 1.29 is 14.6 Å². The van der Waals surface area contributed by atoms with E-state index in [9.17, 15) is 9.90 Å². The maximum atomic E-state index is 12.2. The van der Waals surface area contributed by atoms with Gasteiger partial charge in [0, 0.05) is 11.5 Å². The van der Waals surface area contributed by atoms with Crippen LogP contribution < -0.4 is 20.3 Å². The third-order valence-electron chi connectivity index (χ3n) is 6.64. The molecular formula is C33H33ClN2O4. The fourth-order valence-electron chi connectivity index (χ4n) is 4.60. The van der Waals surface area contributed by atoms with Crippen LogP contribution in [-0.4, -0.2) is 23.2 Å². The third kappa shape index (κ3) is 7.51. The van der Waals surface area contributed by atoms with Crippen LogP contribution in [0.25, 0.3) is 10.9 Å². The van der Waals surface area contributed by atoms with E-state index in [4.69, 9.17) is 9.47 Å². The molecule has 0 saturated carbocycles. The van der Waals surface area contributed by atoms with Gasteiger partial charge in [-0.2, -0.15) is 0 Å². The van der Waals surface area contributed by atoms with Gasteiger partial charge in [0.25, 0.3) is 0 Å². The standard InChI is InChI=1S/C33H32N2O4.ClH/c36-21-30(34-19-18-24-12-7-13-27(20-24)38-22-25-8-3-1-4-9-25)28-14-16-31(33-29(28)15-17-32(37)35-33)39-23-26-10-5-2-6-11-26;/h1-17,20,30,34,36H,18-19,21-23H2,(H,35,37);1H. The van der Waals surface area contributed by atoms with E-state index in [-0.39, 0.29) is 30.6 Å². The van der Waals surface area contributed by atoms with Gasteiger partial charge in [-0.15, -0.1) is 12.4 Å². The Morgan fingerprint density at radius 3 is 2.12 bits per heavy atom. The quantitative estimate of drug-likeness (QED) is 0.176. The molecule has 1 atom stereocenters. The second-order valence-electron chi connectivity index (χ2n) is 9.40. The number of ether oxygens (including phenoxy) is 2. The predicted octanol–water partition coefficient (Wildman–Crippen LogP) is 5.97. The van der Waals surface area contributed by atoms with Crippen molar-refractivity contribution in [3.8, 4) is 11.5 Å². The summed E-state index contributed by atoms with van der Waals surface area (Å²) in [5.41, 5.74) is 4.63. The van der Waals surface area contributed by atoms with E-state index in [2.05, 4.69) is 22.4 Å². The Labute approximate surface area is 240 Å². The molecule has 1 unspecified atom stereocenters. The van der Waals surface area contributed by atoms with Crippen LogP contribution in [0.15, 0.2) is 114 Å². The Hall–Kier alpha value is -4.10. The fourth-order valence-corrected chi connectivity index (χ4v) is 4.60. The number of aromatic amines is 1. The molecule has 6 nitrogen and oxygen atoms in total. The van der Waals surface area contributed by atoms with Crippen molar-refractivity contribution >= 4 is 23.3 Å². The highest BCUT2D eigenvalue weighted by atomic mass is 35.5. The van der Waals surface area contributed by atoms with Gasteiger partial charge in [0.1, 0.15) is 24.7 Å². The number of aromatic nitrogens is 1. The Bertz CT molecular complexity index is 1560. The summed E-state index contributed by atoms with van der Waals surface area (Å²) >= 11 is 0. The second-order valence-corrected chi connectivity index (χ2v) is 9.40. The van der Waals surface area contributed by atoms with Gasteiger partial charge < -0.3 is 24.9 Å². The van der Waals surface area contributed by atoms with Gasteiger partial charge in [-0.3, -0.25) is 4.79 Å². The molecule has 40 heavy (non-hydrogen) atoms. The van der Waals surface area contributed by atoms with Crippen molar-refractivity contribution in [3.05, 3.63) is 142 Å². The molecule has 0 aliphatic rings. The fraction of sp³-hybridized carbons (Fsp3) is 0.182. The van der Waals surface area contributed by atoms with E-state index in [0.29, 0.717) is 31.0 Å². The molecule has 0 aliphatic carbocycles. The zero-order chi connectivity index (χ0) is 26.9. The van der Waals surface area contributed by atoms with E-state index < -0.39 is 0 Å². The van der Waals surface area contributed by atoms with Crippen LogP contribution >= 0.6 is 12.4 Å². The summed E-state index contributed by atoms with van der Waals surface area (Å²) in [7, 11) is 0. The number of aliphatic hydroxyl groups excluding tert-OH is 1. The molecule has 5 aromatic rings. The zero-order valence-corrected chi connectivity index (χ0v) is 22.9. The van der Waals surface area contributed by atoms with Crippen LogP contribution in [-0.2, 0) is 19.6 Å². The van der Waals surface area contributed by atoms with Crippen molar-refractivity contribution in [1.82, 2.24) is 10.3 Å². The first-order valence-corrected chi connectivity index (χ1v) is 13.1. The zero-order valence-electron chi connectivity index (χ0n) is 22.1. The van der Waals surface area contributed by atoms with Gasteiger partial charge in [-0.1, -0.05) is 78.9 Å². The van der Waals surface area contributed by atoms with Crippen LogP contribution in [0.3, 0.4) is 0 Å². The number of H-pyrrole nitrogens is 1. The Kier molecular flexibility index (Phi) is 10.4. The van der Waals surface area contributed by atoms with E-state index in [1.165, 1.54) is 6.07 Å². The molecule has 7 heteroatoms. The molecule has 3 N–H and O–H groups in total. The van der Waals surface area contributed by atoms with E-state index in [1.807, 2.05) is 84.9 Å². The lowest BCUT2D eigenvalue weighted by Gasteiger charge is -2.20. The SMILES string of the molecule is Cl.O=c1ccc2c(C(CO)NCCc3cccc(OCc4ccccc4)c3)ccc(OCc3ccccc3)c2[nH]1. The van der Waals surface area contributed by atoms with Crippen molar-refractivity contribution in [1.29, 1.82) is 0 Å². The molecule has 5 rings (SSSR count). The van der Waals surface area contributed by atoms with Gasteiger partial charge in [0.05, 0.1) is 18.2 Å². The Balaban J connectivity index is 0.00000370. The summed E-state index contributed by atoms with van der Waals surface area (Å²) in [4.78, 5) is 15.1. The van der Waals surface area contributed by atoms with Crippen LogP contribution in [0.5, 0.6) is 11.5 Å². The number of rotatable bonds is 12. The summed E-state index contributed by atoms with van der Waals surface area (Å²) in [5.74, 6) is 1.43. The van der Waals surface area contributed by atoms with E-state index >= 15 is 0 Å². The summed E-state index contributed by atoms with van der Waals surface area (Å²) in [6.45, 7) is 1.49. The van der Waals surface area contributed by atoms with Crippen LogP contribution in [0.1, 0.15) is 28.3 Å². The average Bonchev–Trinajstić information content (AvgIpc) is 2.98. The van der Waals surface area contributed by atoms with Gasteiger partial charge >= 0.3 is 0 Å². The van der Waals surface area contributed by atoms with Gasteiger partial charge in [-0.25, -0.2) is 0 Å². The topological polar surface area (TPSA) is 83.6 Å². The first-order valence-electron chi connectivity index (χ1n) is 13.1. The Morgan fingerprint density at radius 2 is 1.43 bits per heavy atom. The third-order valence-corrected chi connectivity index (χ3v) is 6.64. The largest absolute Gasteiger partial charge is 0.489 e. The van der Waals surface area contributed by atoms with Crippen LogP contribution in [0.4, 0.5) is 0 Å². The summed E-state index contributed by atoms with van der Waals surface area (Å²) in [5, 5.41) is 14.6. The number of aliphatic hydroxyl groups is 1. The second kappa shape index (κ2) is 14.3. The molecule has 0 fully saturated rings. The highest BCUT2D eigenvalue weighted by molar-refractivity contribution is 5.88. The maximum absolute atomic E-state index is 12.2. The predicted molar refractivity (Wildman–Crippen MR) is 161 cm³/mol. The van der Waals surface area contributed by atoms with Gasteiger partial charge in [0.2, 0.25) is 5.56 Å². The molecule has 0 radical (unpaired) electrons. The van der Waals surface area contributed by atoms with Gasteiger partial charge in [-0.05, 0) is 59.5 Å². The van der Waals surface area contributed by atoms with Crippen LogP contribution in [0, 0.1) is 0 Å². The number of hydrogen-bond acceptors (Lipinski definition) is 5. The number of pyridine rings is 1. The van der Waals surface area contributed by atoms with Crippen molar-refractivity contribution in [2.75, 3.05) is 13.2 Å². The minimum absolute atomic E-state index is 0. The lowest BCUT2D eigenvalue weighted by Crippen LogP contribution is -2.27. The highest BCUT2D eigenvalue weighted by Crippen LogP contribution is 2.30. The number of hydrogen-bond donors (Lipinski definition) is 3. The number of nitrogens with one attached hydrogen (secondary N) is 2. The summed E-state index contributed by atoms with van der Waals surface area (Å²) in [6.07, 6.45) is 0.770. The average molecular weight is 557 g/mol. The molecule has 4 aromatic carbocycles. The monoisotopic (exact) mass is 556 g/mol. The number of halogens is 1. The van der Waals surface area contributed by atoms with E-state index in [1.54, 1.807) is 6.07 Å². The summed E-state index contributed by atoms with van der Waals surface area (Å²) < 4.78 is 12.0. The molecule has 0 spiro atoms. The molecule has 0 saturated heterocycles.